The molecular formula is C21H27ClN2O2S. The summed E-state index contributed by atoms with van der Waals surface area (Å²) in [6.07, 6.45) is 5.18. The van der Waals surface area contributed by atoms with Gasteiger partial charge in [0.15, 0.2) is 0 Å². The standard InChI is InChI=1S/C21H27ClN2O2S/c1-20(2,16-22)19(26)23-12-10-21(11-13-23)24(14-15-27-21)18(25)9-8-17-6-4-3-5-7-17/h3-9H,10-16H2,1-2H3. The first-order chi connectivity index (χ1) is 12.9. The zero-order valence-electron chi connectivity index (χ0n) is 16.0. The van der Waals surface area contributed by atoms with Crippen molar-refractivity contribution in [3.8, 4) is 0 Å². The van der Waals surface area contributed by atoms with Crippen molar-refractivity contribution in [1.29, 1.82) is 0 Å². The first-order valence-corrected chi connectivity index (χ1v) is 10.9. The van der Waals surface area contributed by atoms with Crippen LogP contribution in [0, 0.1) is 5.41 Å². The van der Waals surface area contributed by atoms with Gasteiger partial charge in [0.25, 0.3) is 0 Å². The van der Waals surface area contributed by atoms with Gasteiger partial charge in [-0.05, 0) is 38.3 Å². The van der Waals surface area contributed by atoms with E-state index in [2.05, 4.69) is 0 Å². The number of halogens is 1. The average molecular weight is 407 g/mol. The number of thioether (sulfide) groups is 1. The predicted octanol–water partition coefficient (Wildman–Crippen LogP) is 3.86. The number of piperidine rings is 1. The zero-order valence-corrected chi connectivity index (χ0v) is 17.6. The molecule has 0 N–H and O–H groups in total. The zero-order chi connectivity index (χ0) is 19.5. The maximum Gasteiger partial charge on any atom is 0.247 e. The summed E-state index contributed by atoms with van der Waals surface area (Å²) < 4.78 is 0. The maximum atomic E-state index is 12.8. The summed E-state index contributed by atoms with van der Waals surface area (Å²) in [4.78, 5) is 29.2. The fourth-order valence-electron chi connectivity index (χ4n) is 3.70. The molecule has 1 aromatic rings. The number of amides is 2. The molecule has 0 atom stereocenters. The van der Waals surface area contributed by atoms with Crippen molar-refractivity contribution in [2.24, 2.45) is 5.41 Å². The van der Waals surface area contributed by atoms with Crippen LogP contribution in [-0.2, 0) is 9.59 Å². The van der Waals surface area contributed by atoms with Crippen molar-refractivity contribution in [1.82, 2.24) is 9.80 Å². The van der Waals surface area contributed by atoms with Crippen LogP contribution in [0.3, 0.4) is 0 Å². The van der Waals surface area contributed by atoms with E-state index in [0.29, 0.717) is 19.0 Å². The van der Waals surface area contributed by atoms with Gasteiger partial charge >= 0.3 is 0 Å². The normalized spacial score (nSPS) is 19.8. The molecule has 2 amide bonds. The molecule has 0 saturated carbocycles. The summed E-state index contributed by atoms with van der Waals surface area (Å²) in [5.41, 5.74) is 0.485. The Morgan fingerprint density at radius 2 is 1.85 bits per heavy atom. The largest absolute Gasteiger partial charge is 0.342 e. The molecule has 27 heavy (non-hydrogen) atoms. The van der Waals surface area contributed by atoms with Gasteiger partial charge in [-0.25, -0.2) is 0 Å². The summed E-state index contributed by atoms with van der Waals surface area (Å²) in [5.74, 6) is 1.44. The number of hydrogen-bond donors (Lipinski definition) is 0. The molecule has 6 heteroatoms. The molecule has 1 spiro atoms. The van der Waals surface area contributed by atoms with Crippen LogP contribution in [0.1, 0.15) is 32.3 Å². The summed E-state index contributed by atoms with van der Waals surface area (Å²) in [7, 11) is 0. The lowest BCUT2D eigenvalue weighted by Crippen LogP contribution is -2.55. The van der Waals surface area contributed by atoms with Gasteiger partial charge in [0, 0.05) is 37.3 Å². The Labute approximate surface area is 170 Å². The minimum absolute atomic E-state index is 0.0599. The first kappa shape index (κ1) is 20.3. The molecule has 2 saturated heterocycles. The van der Waals surface area contributed by atoms with Gasteiger partial charge in [-0.3, -0.25) is 9.59 Å². The van der Waals surface area contributed by atoms with Gasteiger partial charge in [0.2, 0.25) is 11.8 Å². The van der Waals surface area contributed by atoms with Crippen LogP contribution in [0.2, 0.25) is 0 Å². The molecule has 2 heterocycles. The lowest BCUT2D eigenvalue weighted by atomic mass is 9.92. The first-order valence-electron chi connectivity index (χ1n) is 9.42. The van der Waals surface area contributed by atoms with Crippen molar-refractivity contribution < 1.29 is 9.59 Å². The third kappa shape index (κ3) is 4.35. The number of likely N-dealkylation sites (tertiary alicyclic amines) is 1. The van der Waals surface area contributed by atoms with Crippen LogP contribution in [-0.4, -0.2) is 57.8 Å². The smallest absolute Gasteiger partial charge is 0.247 e. The highest BCUT2D eigenvalue weighted by molar-refractivity contribution is 8.00. The molecular weight excluding hydrogens is 380 g/mol. The van der Waals surface area contributed by atoms with Gasteiger partial charge in [-0.15, -0.1) is 23.4 Å². The number of carbonyl (C=O) groups excluding carboxylic acids is 2. The molecule has 1 aromatic carbocycles. The van der Waals surface area contributed by atoms with E-state index in [1.807, 2.05) is 71.8 Å². The topological polar surface area (TPSA) is 40.6 Å². The Morgan fingerprint density at radius 3 is 2.48 bits per heavy atom. The molecule has 4 nitrogen and oxygen atoms in total. The van der Waals surface area contributed by atoms with E-state index in [1.54, 1.807) is 6.08 Å². The summed E-state index contributed by atoms with van der Waals surface area (Å²) in [6, 6.07) is 9.87. The number of hydrogen-bond acceptors (Lipinski definition) is 3. The highest BCUT2D eigenvalue weighted by Gasteiger charge is 2.47. The van der Waals surface area contributed by atoms with Crippen LogP contribution < -0.4 is 0 Å². The quantitative estimate of drug-likeness (QED) is 0.563. The van der Waals surface area contributed by atoms with E-state index in [1.165, 1.54) is 0 Å². The fourth-order valence-corrected chi connectivity index (χ4v) is 5.28. The highest BCUT2D eigenvalue weighted by Crippen LogP contribution is 2.44. The number of carbonyl (C=O) groups is 2. The van der Waals surface area contributed by atoms with Crippen molar-refractivity contribution >= 4 is 41.3 Å². The van der Waals surface area contributed by atoms with Crippen LogP contribution in [0.4, 0.5) is 0 Å². The molecule has 2 fully saturated rings. The van der Waals surface area contributed by atoms with Crippen molar-refractivity contribution in [3.63, 3.8) is 0 Å². The summed E-state index contributed by atoms with van der Waals surface area (Å²) >= 11 is 7.82. The lowest BCUT2D eigenvalue weighted by molar-refractivity contribution is -0.141. The Morgan fingerprint density at radius 1 is 1.19 bits per heavy atom. The number of alkyl halides is 1. The van der Waals surface area contributed by atoms with Gasteiger partial charge in [0.1, 0.15) is 0 Å². The van der Waals surface area contributed by atoms with E-state index < -0.39 is 5.41 Å². The Hall–Kier alpha value is -1.46. The molecule has 0 radical (unpaired) electrons. The summed E-state index contributed by atoms with van der Waals surface area (Å²) in [5, 5.41) is 0. The second kappa shape index (κ2) is 8.27. The lowest BCUT2D eigenvalue weighted by Gasteiger charge is -2.45. The minimum Gasteiger partial charge on any atom is -0.342 e. The van der Waals surface area contributed by atoms with Gasteiger partial charge in [-0.1, -0.05) is 30.3 Å². The Kier molecular flexibility index (Phi) is 6.21. The van der Waals surface area contributed by atoms with Gasteiger partial charge in [-0.2, -0.15) is 0 Å². The minimum atomic E-state index is -0.539. The molecule has 0 unspecified atom stereocenters. The van der Waals surface area contributed by atoms with E-state index in [-0.39, 0.29) is 16.7 Å². The molecule has 0 bridgehead atoms. The second-order valence-corrected chi connectivity index (χ2v) is 9.56. The van der Waals surface area contributed by atoms with Gasteiger partial charge < -0.3 is 9.80 Å². The van der Waals surface area contributed by atoms with E-state index in [9.17, 15) is 9.59 Å². The van der Waals surface area contributed by atoms with Gasteiger partial charge in [0.05, 0.1) is 10.3 Å². The second-order valence-electron chi connectivity index (χ2n) is 7.84. The Bertz CT molecular complexity index is 712. The summed E-state index contributed by atoms with van der Waals surface area (Å²) in [6.45, 7) is 5.91. The number of benzene rings is 1. The SMILES string of the molecule is CC(C)(CCl)C(=O)N1CCC2(CC1)SCCN2C(=O)C=Cc1ccccc1. The van der Waals surface area contributed by atoms with E-state index in [4.69, 9.17) is 11.6 Å². The number of rotatable bonds is 4. The predicted molar refractivity (Wildman–Crippen MR) is 113 cm³/mol. The van der Waals surface area contributed by atoms with Crippen LogP contribution in [0.25, 0.3) is 6.08 Å². The van der Waals surface area contributed by atoms with Crippen molar-refractivity contribution in [3.05, 3.63) is 42.0 Å². The third-order valence-corrected chi connectivity index (χ3v) is 7.63. The highest BCUT2D eigenvalue weighted by atomic mass is 35.5. The molecule has 2 aliphatic rings. The van der Waals surface area contributed by atoms with Crippen LogP contribution >= 0.6 is 23.4 Å². The van der Waals surface area contributed by atoms with Crippen LogP contribution in [0.15, 0.2) is 36.4 Å². The van der Waals surface area contributed by atoms with E-state index in [0.717, 1.165) is 30.7 Å². The average Bonchev–Trinajstić information content (AvgIpc) is 3.10. The fraction of sp³-hybridized carbons (Fsp3) is 0.524. The molecule has 2 aliphatic heterocycles. The maximum absolute atomic E-state index is 12.8. The van der Waals surface area contributed by atoms with E-state index >= 15 is 0 Å². The molecule has 0 aromatic heterocycles. The molecule has 146 valence electrons. The monoisotopic (exact) mass is 406 g/mol. The van der Waals surface area contributed by atoms with Crippen molar-refractivity contribution in [2.45, 2.75) is 31.6 Å². The van der Waals surface area contributed by atoms with Crippen LogP contribution in [0.5, 0.6) is 0 Å². The van der Waals surface area contributed by atoms with Crippen molar-refractivity contribution in [2.75, 3.05) is 31.3 Å². The molecule has 0 aliphatic carbocycles. The molecule has 3 rings (SSSR count). The Balaban J connectivity index is 1.65. The number of nitrogens with zero attached hydrogens (tertiary/aromatic N) is 2. The third-order valence-electron chi connectivity index (χ3n) is 5.41.